The minimum absolute atomic E-state index is 0.00385. The summed E-state index contributed by atoms with van der Waals surface area (Å²) in [5, 5.41) is 3.07. The molecule has 0 saturated heterocycles. The van der Waals surface area contributed by atoms with E-state index in [0.717, 1.165) is 22.0 Å². The van der Waals surface area contributed by atoms with Gasteiger partial charge in [0.1, 0.15) is 11.9 Å². The fraction of sp³-hybridized carbons (Fsp3) is 0.310. The second-order valence-electron chi connectivity index (χ2n) is 8.76. The Morgan fingerprint density at radius 1 is 0.972 bits per heavy atom. The fourth-order valence-corrected chi connectivity index (χ4v) is 4.89. The average Bonchev–Trinajstić information content (AvgIpc) is 2.88. The summed E-state index contributed by atoms with van der Waals surface area (Å²) < 4.78 is 15.0. The Morgan fingerprint density at radius 2 is 1.64 bits per heavy atom. The number of hydrogen-bond acceptors (Lipinski definition) is 3. The molecule has 4 nitrogen and oxygen atoms in total. The minimum atomic E-state index is -0.674. The van der Waals surface area contributed by atoms with E-state index in [0.29, 0.717) is 24.3 Å². The van der Waals surface area contributed by atoms with Gasteiger partial charge in [-0.2, -0.15) is 0 Å². The number of benzene rings is 3. The van der Waals surface area contributed by atoms with Crippen LogP contribution in [0.2, 0.25) is 0 Å². The Balaban J connectivity index is 1.85. The predicted molar refractivity (Wildman–Crippen MR) is 149 cm³/mol. The first-order valence-electron chi connectivity index (χ1n) is 12.1. The largest absolute Gasteiger partial charge is 0.352 e. The van der Waals surface area contributed by atoms with Gasteiger partial charge in [-0.25, -0.2) is 4.39 Å². The summed E-state index contributed by atoms with van der Waals surface area (Å²) in [7, 11) is 0. The highest BCUT2D eigenvalue weighted by molar-refractivity contribution is 9.10. The summed E-state index contributed by atoms with van der Waals surface area (Å²) in [5.74, 6) is -0.0731. The number of rotatable bonds is 12. The molecule has 3 aromatic rings. The van der Waals surface area contributed by atoms with Crippen molar-refractivity contribution in [3.05, 3.63) is 106 Å². The zero-order valence-electron chi connectivity index (χ0n) is 20.6. The van der Waals surface area contributed by atoms with Gasteiger partial charge in [0.2, 0.25) is 11.8 Å². The number of nitrogens with one attached hydrogen (secondary N) is 1. The van der Waals surface area contributed by atoms with Crippen LogP contribution >= 0.6 is 27.7 Å². The van der Waals surface area contributed by atoms with Gasteiger partial charge < -0.3 is 10.2 Å². The Bertz CT molecular complexity index is 1130. The van der Waals surface area contributed by atoms with Crippen LogP contribution in [0.5, 0.6) is 0 Å². The van der Waals surface area contributed by atoms with Crippen LogP contribution in [0, 0.1) is 5.82 Å². The third-order valence-electron chi connectivity index (χ3n) is 5.98. The number of thioether (sulfide) groups is 1. The van der Waals surface area contributed by atoms with E-state index < -0.39 is 6.04 Å². The van der Waals surface area contributed by atoms with Gasteiger partial charge >= 0.3 is 0 Å². The van der Waals surface area contributed by atoms with Crippen molar-refractivity contribution in [3.8, 4) is 0 Å². The maximum atomic E-state index is 14.1. The summed E-state index contributed by atoms with van der Waals surface area (Å²) in [6, 6.07) is 23.4. The summed E-state index contributed by atoms with van der Waals surface area (Å²) in [4.78, 5) is 28.8. The first kappa shape index (κ1) is 27.9. The number of hydrogen-bond donors (Lipinski definition) is 1. The maximum Gasteiger partial charge on any atom is 0.243 e. The van der Waals surface area contributed by atoms with Crippen LogP contribution in [0.1, 0.15) is 37.0 Å². The van der Waals surface area contributed by atoms with E-state index in [1.165, 1.54) is 17.8 Å². The summed E-state index contributed by atoms with van der Waals surface area (Å²) in [6.07, 6.45) is 1.20. The van der Waals surface area contributed by atoms with E-state index in [-0.39, 0.29) is 29.4 Å². The van der Waals surface area contributed by atoms with Crippen LogP contribution in [0.3, 0.4) is 0 Å². The number of carbonyl (C=O) groups is 2. The predicted octanol–water partition coefficient (Wildman–Crippen LogP) is 6.38. The van der Waals surface area contributed by atoms with Crippen molar-refractivity contribution in [2.24, 2.45) is 0 Å². The lowest BCUT2D eigenvalue weighted by Crippen LogP contribution is -2.52. The highest BCUT2D eigenvalue weighted by atomic mass is 79.9. The van der Waals surface area contributed by atoms with Gasteiger partial charge in [-0.1, -0.05) is 83.5 Å². The standard InChI is InChI=1S/C29H32BrFN2O2S/c1-3-21(2)32-29(35)27(17-22-9-5-4-6-10-22)33(18-23-13-15-25(30)16-14-23)28(34)20-36-19-24-11-7-8-12-26(24)31/h4-16,21,27H,3,17-20H2,1-2H3,(H,32,35). The zero-order valence-corrected chi connectivity index (χ0v) is 23.0. The second kappa shape index (κ2) is 14.2. The van der Waals surface area contributed by atoms with Gasteiger partial charge in [-0.3, -0.25) is 9.59 Å². The van der Waals surface area contributed by atoms with E-state index in [9.17, 15) is 14.0 Å². The van der Waals surface area contributed by atoms with Crippen LogP contribution in [0.15, 0.2) is 83.3 Å². The Hall–Kier alpha value is -2.64. The molecule has 0 saturated carbocycles. The monoisotopic (exact) mass is 570 g/mol. The molecule has 0 aliphatic rings. The third kappa shape index (κ3) is 8.49. The minimum Gasteiger partial charge on any atom is -0.352 e. The van der Waals surface area contributed by atoms with Gasteiger partial charge in [0.15, 0.2) is 0 Å². The molecule has 0 fully saturated rings. The Labute approximate surface area is 225 Å². The number of halogens is 2. The molecule has 2 atom stereocenters. The topological polar surface area (TPSA) is 49.4 Å². The molecule has 0 heterocycles. The number of amides is 2. The van der Waals surface area contributed by atoms with Crippen molar-refractivity contribution in [2.45, 2.75) is 51.1 Å². The summed E-state index contributed by atoms with van der Waals surface area (Å²) in [5.41, 5.74) is 2.47. The van der Waals surface area contributed by atoms with Crippen LogP contribution in [0.25, 0.3) is 0 Å². The number of carbonyl (C=O) groups excluding carboxylic acids is 2. The summed E-state index contributed by atoms with van der Waals surface area (Å²) >= 11 is 4.81. The van der Waals surface area contributed by atoms with Crippen LogP contribution in [0.4, 0.5) is 4.39 Å². The average molecular weight is 572 g/mol. The molecule has 3 rings (SSSR count). The van der Waals surface area contributed by atoms with Crippen molar-refractivity contribution in [1.29, 1.82) is 0 Å². The SMILES string of the molecule is CCC(C)NC(=O)C(Cc1ccccc1)N(Cc1ccc(Br)cc1)C(=O)CSCc1ccccc1F. The first-order chi connectivity index (χ1) is 17.4. The van der Waals surface area contributed by atoms with Crippen molar-refractivity contribution < 1.29 is 14.0 Å². The number of nitrogens with zero attached hydrogens (tertiary/aromatic N) is 1. The lowest BCUT2D eigenvalue weighted by Gasteiger charge is -2.32. The van der Waals surface area contributed by atoms with E-state index >= 15 is 0 Å². The highest BCUT2D eigenvalue weighted by Gasteiger charge is 2.30. The first-order valence-corrected chi connectivity index (χ1v) is 14.0. The maximum absolute atomic E-state index is 14.1. The second-order valence-corrected chi connectivity index (χ2v) is 10.7. The molecule has 2 amide bonds. The molecule has 36 heavy (non-hydrogen) atoms. The van der Waals surface area contributed by atoms with Gasteiger partial charge in [0.25, 0.3) is 0 Å². The van der Waals surface area contributed by atoms with E-state index in [1.807, 2.05) is 68.4 Å². The lowest BCUT2D eigenvalue weighted by atomic mass is 10.0. The van der Waals surface area contributed by atoms with Gasteiger partial charge in [-0.05, 0) is 48.2 Å². The fourth-order valence-electron chi connectivity index (χ4n) is 3.73. The molecule has 0 aliphatic heterocycles. The van der Waals surface area contributed by atoms with E-state index in [1.54, 1.807) is 23.1 Å². The summed E-state index contributed by atoms with van der Waals surface area (Å²) in [6.45, 7) is 4.28. The molecule has 2 unspecified atom stereocenters. The quantitative estimate of drug-likeness (QED) is 0.275. The Kier molecular flexibility index (Phi) is 11.0. The normalized spacial score (nSPS) is 12.6. The van der Waals surface area contributed by atoms with Crippen LogP contribution in [-0.4, -0.2) is 34.6 Å². The van der Waals surface area contributed by atoms with Gasteiger partial charge in [0, 0.05) is 29.2 Å². The Morgan fingerprint density at radius 3 is 2.31 bits per heavy atom. The molecule has 3 aromatic carbocycles. The van der Waals surface area contributed by atoms with E-state index in [2.05, 4.69) is 21.2 Å². The van der Waals surface area contributed by atoms with Crippen molar-refractivity contribution in [3.63, 3.8) is 0 Å². The molecule has 0 bridgehead atoms. The molecule has 0 aliphatic carbocycles. The van der Waals surface area contributed by atoms with Crippen molar-refractivity contribution in [2.75, 3.05) is 5.75 Å². The highest BCUT2D eigenvalue weighted by Crippen LogP contribution is 2.20. The molecular formula is C29H32BrFN2O2S. The molecule has 0 aromatic heterocycles. The lowest BCUT2D eigenvalue weighted by molar-refractivity contribution is -0.139. The molecule has 190 valence electrons. The van der Waals surface area contributed by atoms with Gasteiger partial charge in [-0.15, -0.1) is 11.8 Å². The third-order valence-corrected chi connectivity index (χ3v) is 7.47. The molecule has 7 heteroatoms. The van der Waals surface area contributed by atoms with Crippen molar-refractivity contribution in [1.82, 2.24) is 10.2 Å². The molecular weight excluding hydrogens is 539 g/mol. The zero-order chi connectivity index (χ0) is 25.9. The smallest absolute Gasteiger partial charge is 0.243 e. The van der Waals surface area contributed by atoms with Crippen LogP contribution < -0.4 is 5.32 Å². The molecule has 0 radical (unpaired) electrons. The van der Waals surface area contributed by atoms with Crippen molar-refractivity contribution >= 4 is 39.5 Å². The molecule has 0 spiro atoms. The molecule has 1 N–H and O–H groups in total. The van der Waals surface area contributed by atoms with Gasteiger partial charge in [0.05, 0.1) is 5.75 Å². The van der Waals surface area contributed by atoms with E-state index in [4.69, 9.17) is 0 Å². The van der Waals surface area contributed by atoms with Crippen LogP contribution in [-0.2, 0) is 28.3 Å².